The zero-order chi connectivity index (χ0) is 15.0. The van der Waals surface area contributed by atoms with Crippen molar-refractivity contribution in [3.63, 3.8) is 0 Å². The van der Waals surface area contributed by atoms with Gasteiger partial charge >= 0.3 is 0 Å². The highest BCUT2D eigenvalue weighted by Gasteiger charge is 2.11. The molecule has 0 aliphatic rings. The molecule has 0 amide bonds. The third kappa shape index (κ3) is 2.57. The van der Waals surface area contributed by atoms with Crippen molar-refractivity contribution in [1.82, 2.24) is 14.5 Å². The van der Waals surface area contributed by atoms with Crippen LogP contribution in [0.3, 0.4) is 0 Å². The molecule has 1 aromatic carbocycles. The molecule has 0 aliphatic carbocycles. The lowest BCUT2D eigenvalue weighted by Gasteiger charge is -2.11. The lowest BCUT2D eigenvalue weighted by molar-refractivity contribution is 0.281. The fourth-order valence-corrected chi connectivity index (χ4v) is 2.68. The van der Waals surface area contributed by atoms with Crippen molar-refractivity contribution in [2.75, 3.05) is 5.73 Å². The minimum atomic E-state index is 0.0279. The maximum Gasteiger partial charge on any atom is 0.222 e. The van der Waals surface area contributed by atoms with Crippen LogP contribution in [0.15, 0.2) is 30.5 Å². The van der Waals surface area contributed by atoms with Crippen molar-refractivity contribution in [2.45, 2.75) is 20.1 Å². The van der Waals surface area contributed by atoms with Gasteiger partial charge in [-0.3, -0.25) is 0 Å². The van der Waals surface area contributed by atoms with Gasteiger partial charge in [-0.15, -0.1) is 0 Å². The molecule has 0 saturated carbocycles. The van der Waals surface area contributed by atoms with Gasteiger partial charge in [-0.05, 0) is 29.7 Å². The quantitative estimate of drug-likeness (QED) is 0.729. The van der Waals surface area contributed by atoms with Crippen LogP contribution in [0.5, 0.6) is 0 Å². The van der Waals surface area contributed by atoms with E-state index in [1.807, 2.05) is 42.0 Å². The lowest BCUT2D eigenvalue weighted by Crippen LogP contribution is -2.03. The second-order valence-electron chi connectivity index (χ2n) is 4.97. The van der Waals surface area contributed by atoms with Crippen LogP contribution in [-0.2, 0) is 13.2 Å². The number of rotatable bonds is 3. The third-order valence-electron chi connectivity index (χ3n) is 3.52. The summed E-state index contributed by atoms with van der Waals surface area (Å²) in [5.74, 6) is 0.170. The predicted molar refractivity (Wildman–Crippen MR) is 83.2 cm³/mol. The van der Waals surface area contributed by atoms with Gasteiger partial charge in [0.1, 0.15) is 5.52 Å². The molecule has 3 aromatic rings. The van der Waals surface area contributed by atoms with Gasteiger partial charge in [-0.1, -0.05) is 29.8 Å². The number of aryl methyl sites for hydroxylation is 1. The standard InChI is InChI=1S/C15H15ClN4O/c1-9-2-3-10(8-21)6-11(9)7-20-5-4-12-13(20)14(16)19-15(17)18-12/h2-6,21H,7-8H2,1H3,(H2,17,18,19). The van der Waals surface area contributed by atoms with Crippen molar-refractivity contribution in [3.05, 3.63) is 52.3 Å². The molecule has 0 bridgehead atoms. The van der Waals surface area contributed by atoms with Gasteiger partial charge < -0.3 is 15.4 Å². The Kier molecular flexibility index (Phi) is 3.53. The Labute approximate surface area is 127 Å². The molecule has 0 spiro atoms. The highest BCUT2D eigenvalue weighted by Crippen LogP contribution is 2.24. The molecule has 2 aromatic heterocycles. The van der Waals surface area contributed by atoms with Crippen molar-refractivity contribution in [3.8, 4) is 0 Å². The topological polar surface area (TPSA) is 77.0 Å². The highest BCUT2D eigenvalue weighted by molar-refractivity contribution is 6.33. The average Bonchev–Trinajstić information content (AvgIpc) is 2.84. The first kappa shape index (κ1) is 13.9. The van der Waals surface area contributed by atoms with E-state index in [4.69, 9.17) is 17.3 Å². The molecule has 5 nitrogen and oxygen atoms in total. The summed E-state index contributed by atoms with van der Waals surface area (Å²) in [6.07, 6.45) is 1.91. The first-order valence-corrected chi connectivity index (χ1v) is 6.93. The zero-order valence-corrected chi connectivity index (χ0v) is 12.3. The van der Waals surface area contributed by atoms with Gasteiger partial charge in [0.25, 0.3) is 0 Å². The van der Waals surface area contributed by atoms with Gasteiger partial charge in [-0.25, -0.2) is 4.98 Å². The van der Waals surface area contributed by atoms with Gasteiger partial charge in [0.15, 0.2) is 5.15 Å². The Hall–Kier alpha value is -2.11. The largest absolute Gasteiger partial charge is 0.392 e. The number of fused-ring (bicyclic) bond motifs is 1. The van der Waals surface area contributed by atoms with E-state index in [9.17, 15) is 5.11 Å². The fourth-order valence-electron chi connectivity index (χ4n) is 2.39. The van der Waals surface area contributed by atoms with E-state index in [0.29, 0.717) is 11.7 Å². The summed E-state index contributed by atoms with van der Waals surface area (Å²) in [6, 6.07) is 7.78. The third-order valence-corrected chi connectivity index (χ3v) is 3.79. The first-order chi connectivity index (χ1) is 10.1. The molecule has 0 aliphatic heterocycles. The maximum absolute atomic E-state index is 9.26. The van der Waals surface area contributed by atoms with Crippen LogP contribution in [0.25, 0.3) is 11.0 Å². The Balaban J connectivity index is 2.06. The number of aromatic nitrogens is 3. The highest BCUT2D eigenvalue weighted by atomic mass is 35.5. The summed E-state index contributed by atoms with van der Waals surface area (Å²) in [4.78, 5) is 8.18. The molecular weight excluding hydrogens is 288 g/mol. The predicted octanol–water partition coefficient (Wildman–Crippen LogP) is 2.52. The fraction of sp³-hybridized carbons (Fsp3) is 0.200. The van der Waals surface area contributed by atoms with E-state index >= 15 is 0 Å². The molecule has 3 N–H and O–H groups in total. The minimum absolute atomic E-state index is 0.0279. The monoisotopic (exact) mass is 302 g/mol. The summed E-state index contributed by atoms with van der Waals surface area (Å²) in [5.41, 5.74) is 10.3. The lowest BCUT2D eigenvalue weighted by atomic mass is 10.1. The second-order valence-corrected chi connectivity index (χ2v) is 5.33. The Morgan fingerprint density at radius 2 is 2.10 bits per heavy atom. The van der Waals surface area contributed by atoms with E-state index in [-0.39, 0.29) is 12.6 Å². The SMILES string of the molecule is Cc1ccc(CO)cc1Cn1ccc2nc(N)nc(Cl)c21. The molecule has 21 heavy (non-hydrogen) atoms. The van der Waals surface area contributed by atoms with Crippen molar-refractivity contribution >= 4 is 28.6 Å². The number of aliphatic hydroxyl groups excluding tert-OH is 1. The van der Waals surface area contributed by atoms with Crippen LogP contribution < -0.4 is 5.73 Å². The van der Waals surface area contributed by atoms with Crippen molar-refractivity contribution < 1.29 is 5.11 Å². The van der Waals surface area contributed by atoms with Gasteiger partial charge in [-0.2, -0.15) is 4.98 Å². The van der Waals surface area contributed by atoms with E-state index in [2.05, 4.69) is 9.97 Å². The molecule has 0 radical (unpaired) electrons. The van der Waals surface area contributed by atoms with Crippen LogP contribution in [0.2, 0.25) is 5.15 Å². The number of halogens is 1. The normalized spacial score (nSPS) is 11.2. The Bertz CT molecular complexity index is 813. The number of nitrogen functional groups attached to an aromatic ring is 1. The number of anilines is 1. The molecule has 0 unspecified atom stereocenters. The number of benzene rings is 1. The van der Waals surface area contributed by atoms with E-state index in [0.717, 1.165) is 27.7 Å². The number of nitrogens with two attached hydrogens (primary N) is 1. The molecule has 0 saturated heterocycles. The van der Waals surface area contributed by atoms with Crippen molar-refractivity contribution in [1.29, 1.82) is 0 Å². The van der Waals surface area contributed by atoms with Crippen LogP contribution in [-0.4, -0.2) is 19.6 Å². The number of hydrogen-bond donors (Lipinski definition) is 2. The van der Waals surface area contributed by atoms with Crippen LogP contribution in [0.1, 0.15) is 16.7 Å². The molecule has 2 heterocycles. The molecule has 6 heteroatoms. The van der Waals surface area contributed by atoms with E-state index in [1.165, 1.54) is 0 Å². The number of hydrogen-bond acceptors (Lipinski definition) is 4. The van der Waals surface area contributed by atoms with E-state index in [1.54, 1.807) is 0 Å². The van der Waals surface area contributed by atoms with Gasteiger partial charge in [0, 0.05) is 12.7 Å². The molecule has 0 atom stereocenters. The van der Waals surface area contributed by atoms with Gasteiger partial charge in [0.05, 0.1) is 12.1 Å². The molecular formula is C15H15ClN4O. The summed E-state index contributed by atoms with van der Waals surface area (Å²) >= 11 is 6.18. The smallest absolute Gasteiger partial charge is 0.222 e. The minimum Gasteiger partial charge on any atom is -0.392 e. The second kappa shape index (κ2) is 5.35. The van der Waals surface area contributed by atoms with Crippen LogP contribution >= 0.6 is 11.6 Å². The molecule has 0 fully saturated rings. The maximum atomic E-state index is 9.26. The summed E-state index contributed by atoms with van der Waals surface area (Å²) in [5, 5.41) is 9.61. The molecule has 108 valence electrons. The average molecular weight is 303 g/mol. The van der Waals surface area contributed by atoms with Crippen LogP contribution in [0.4, 0.5) is 5.95 Å². The molecule has 3 rings (SSSR count). The Morgan fingerprint density at radius 1 is 1.29 bits per heavy atom. The zero-order valence-electron chi connectivity index (χ0n) is 11.5. The Morgan fingerprint density at radius 3 is 2.86 bits per heavy atom. The number of nitrogens with zero attached hydrogens (tertiary/aromatic N) is 3. The summed E-state index contributed by atoms with van der Waals surface area (Å²) in [6.45, 7) is 2.70. The summed E-state index contributed by atoms with van der Waals surface area (Å²) < 4.78 is 1.99. The summed E-state index contributed by atoms with van der Waals surface area (Å²) in [7, 11) is 0. The van der Waals surface area contributed by atoms with E-state index < -0.39 is 0 Å². The van der Waals surface area contributed by atoms with Crippen LogP contribution in [0, 0.1) is 6.92 Å². The first-order valence-electron chi connectivity index (χ1n) is 6.55. The van der Waals surface area contributed by atoms with Crippen molar-refractivity contribution in [2.24, 2.45) is 0 Å². The number of aliphatic hydroxyl groups is 1. The van der Waals surface area contributed by atoms with Gasteiger partial charge in [0.2, 0.25) is 5.95 Å².